The van der Waals surface area contributed by atoms with Crippen molar-refractivity contribution in [2.45, 2.75) is 13.3 Å². The minimum atomic E-state index is -0.281. The van der Waals surface area contributed by atoms with Crippen LogP contribution >= 0.6 is 0 Å². The lowest BCUT2D eigenvalue weighted by atomic mass is 10.1. The normalized spacial score (nSPS) is 10.2. The van der Waals surface area contributed by atoms with Crippen LogP contribution in [0.1, 0.15) is 21.6 Å². The van der Waals surface area contributed by atoms with Crippen LogP contribution in [0.15, 0.2) is 36.5 Å². The van der Waals surface area contributed by atoms with Gasteiger partial charge in [-0.25, -0.2) is 4.39 Å². The molecule has 0 fully saturated rings. The first-order valence-corrected chi connectivity index (χ1v) is 6.56. The van der Waals surface area contributed by atoms with Crippen LogP contribution in [-0.2, 0) is 6.42 Å². The summed E-state index contributed by atoms with van der Waals surface area (Å²) >= 11 is 0. The van der Waals surface area contributed by atoms with E-state index in [0.717, 1.165) is 11.3 Å². The Hall–Kier alpha value is -2.47. The SMILES string of the molecule is Cc1cc(NN)c(C(=O)NCCc2cccc(F)c2)cn1. The highest BCUT2D eigenvalue weighted by molar-refractivity contribution is 5.99. The number of halogens is 1. The molecule has 0 unspecified atom stereocenters. The van der Waals surface area contributed by atoms with E-state index in [1.54, 1.807) is 12.1 Å². The topological polar surface area (TPSA) is 80.0 Å². The van der Waals surface area contributed by atoms with Gasteiger partial charge in [-0.15, -0.1) is 0 Å². The van der Waals surface area contributed by atoms with Crippen LogP contribution in [0.3, 0.4) is 0 Å². The van der Waals surface area contributed by atoms with Crippen molar-refractivity contribution in [3.05, 3.63) is 59.2 Å². The first kappa shape index (κ1) is 14.9. The van der Waals surface area contributed by atoms with Crippen LogP contribution < -0.4 is 16.6 Å². The van der Waals surface area contributed by atoms with Gasteiger partial charge < -0.3 is 10.7 Å². The van der Waals surface area contributed by atoms with E-state index in [0.29, 0.717) is 24.2 Å². The van der Waals surface area contributed by atoms with Crippen molar-refractivity contribution in [3.8, 4) is 0 Å². The van der Waals surface area contributed by atoms with Gasteiger partial charge in [0, 0.05) is 18.4 Å². The fraction of sp³-hybridized carbons (Fsp3) is 0.200. The first-order chi connectivity index (χ1) is 10.1. The zero-order valence-corrected chi connectivity index (χ0v) is 11.7. The van der Waals surface area contributed by atoms with Crippen molar-refractivity contribution in [1.82, 2.24) is 10.3 Å². The van der Waals surface area contributed by atoms with E-state index in [1.165, 1.54) is 18.3 Å². The van der Waals surface area contributed by atoms with Crippen molar-refractivity contribution >= 4 is 11.6 Å². The lowest BCUT2D eigenvalue weighted by Gasteiger charge is -2.10. The van der Waals surface area contributed by atoms with Crippen LogP contribution in [0.5, 0.6) is 0 Å². The van der Waals surface area contributed by atoms with E-state index in [9.17, 15) is 9.18 Å². The van der Waals surface area contributed by atoms with Gasteiger partial charge in [-0.3, -0.25) is 15.6 Å². The molecule has 0 spiro atoms. The number of rotatable bonds is 5. The van der Waals surface area contributed by atoms with Gasteiger partial charge in [-0.05, 0) is 37.1 Å². The van der Waals surface area contributed by atoms with Crippen LogP contribution in [-0.4, -0.2) is 17.4 Å². The number of carbonyl (C=O) groups is 1. The molecule has 110 valence electrons. The summed E-state index contributed by atoms with van der Waals surface area (Å²) in [5.74, 6) is 4.84. The van der Waals surface area contributed by atoms with Gasteiger partial charge in [0.25, 0.3) is 5.91 Å². The molecule has 0 saturated carbocycles. The Labute approximate surface area is 122 Å². The average molecular weight is 288 g/mol. The summed E-state index contributed by atoms with van der Waals surface area (Å²) in [6, 6.07) is 8.00. The summed E-state index contributed by atoms with van der Waals surface area (Å²) < 4.78 is 13.0. The second-order valence-corrected chi connectivity index (χ2v) is 4.65. The highest BCUT2D eigenvalue weighted by atomic mass is 19.1. The number of anilines is 1. The molecule has 1 amide bonds. The maximum Gasteiger partial charge on any atom is 0.255 e. The van der Waals surface area contributed by atoms with Crippen LogP contribution in [0.4, 0.5) is 10.1 Å². The molecular formula is C15H17FN4O. The molecule has 2 aromatic rings. The van der Waals surface area contributed by atoms with Crippen LogP contribution in [0.2, 0.25) is 0 Å². The summed E-state index contributed by atoms with van der Waals surface area (Å²) in [6.07, 6.45) is 2.02. The monoisotopic (exact) mass is 288 g/mol. The number of nitrogens with two attached hydrogens (primary N) is 1. The van der Waals surface area contributed by atoms with Crippen molar-refractivity contribution in [2.24, 2.45) is 5.84 Å². The molecule has 21 heavy (non-hydrogen) atoms. The van der Waals surface area contributed by atoms with Crippen molar-refractivity contribution in [1.29, 1.82) is 0 Å². The third-order valence-electron chi connectivity index (χ3n) is 3.03. The molecular weight excluding hydrogens is 271 g/mol. The summed E-state index contributed by atoms with van der Waals surface area (Å²) in [5.41, 5.74) is 4.97. The number of pyridine rings is 1. The Morgan fingerprint density at radius 2 is 2.19 bits per heavy atom. The maximum absolute atomic E-state index is 13.0. The van der Waals surface area contributed by atoms with Crippen LogP contribution in [0.25, 0.3) is 0 Å². The lowest BCUT2D eigenvalue weighted by molar-refractivity contribution is 0.0954. The number of aryl methyl sites for hydroxylation is 1. The predicted octanol–water partition coefficient (Wildman–Crippen LogP) is 1.79. The Balaban J connectivity index is 1.96. The van der Waals surface area contributed by atoms with Gasteiger partial charge in [0.1, 0.15) is 5.82 Å². The first-order valence-electron chi connectivity index (χ1n) is 6.56. The molecule has 0 atom stereocenters. The minimum absolute atomic E-state index is 0.271. The number of hydrogen-bond donors (Lipinski definition) is 3. The number of aromatic nitrogens is 1. The Kier molecular flexibility index (Phi) is 4.84. The van der Waals surface area contributed by atoms with E-state index in [-0.39, 0.29) is 11.7 Å². The number of benzene rings is 1. The molecule has 0 saturated heterocycles. The molecule has 5 nitrogen and oxygen atoms in total. The number of nitrogen functional groups attached to an aromatic ring is 1. The molecule has 2 rings (SSSR count). The van der Waals surface area contributed by atoms with Crippen molar-refractivity contribution in [2.75, 3.05) is 12.0 Å². The fourth-order valence-corrected chi connectivity index (χ4v) is 1.97. The van der Waals surface area contributed by atoms with E-state index in [2.05, 4.69) is 15.7 Å². The molecule has 1 heterocycles. The van der Waals surface area contributed by atoms with Crippen molar-refractivity contribution in [3.63, 3.8) is 0 Å². The van der Waals surface area contributed by atoms with Crippen LogP contribution in [0, 0.1) is 12.7 Å². The van der Waals surface area contributed by atoms with E-state index in [1.807, 2.05) is 13.0 Å². The Morgan fingerprint density at radius 1 is 1.38 bits per heavy atom. The molecule has 6 heteroatoms. The summed E-state index contributed by atoms with van der Waals surface area (Å²) in [5, 5.41) is 2.76. The van der Waals surface area contributed by atoms with Gasteiger partial charge >= 0.3 is 0 Å². The summed E-state index contributed by atoms with van der Waals surface area (Å²) in [4.78, 5) is 16.2. The van der Waals surface area contributed by atoms with E-state index in [4.69, 9.17) is 5.84 Å². The third-order valence-corrected chi connectivity index (χ3v) is 3.03. The van der Waals surface area contributed by atoms with Gasteiger partial charge in [-0.1, -0.05) is 12.1 Å². The van der Waals surface area contributed by atoms with Gasteiger partial charge in [0.05, 0.1) is 11.3 Å². The highest BCUT2D eigenvalue weighted by Crippen LogP contribution is 2.14. The molecule has 0 radical (unpaired) electrons. The molecule has 1 aromatic carbocycles. The molecule has 0 aliphatic heterocycles. The maximum atomic E-state index is 13.0. The quantitative estimate of drug-likeness (QED) is 0.579. The summed E-state index contributed by atoms with van der Waals surface area (Å²) in [7, 11) is 0. The molecule has 0 aliphatic carbocycles. The number of hydrazine groups is 1. The standard InChI is InChI=1S/C15H17FN4O/c1-10-7-14(20-17)13(9-19-10)15(21)18-6-5-11-3-2-4-12(16)8-11/h2-4,7-9H,5-6,17H2,1H3,(H,18,21)(H,19,20). The number of amides is 1. The number of hydrogen-bond acceptors (Lipinski definition) is 4. The Bertz CT molecular complexity index is 645. The Morgan fingerprint density at radius 3 is 2.90 bits per heavy atom. The number of nitrogens with one attached hydrogen (secondary N) is 2. The lowest BCUT2D eigenvalue weighted by Crippen LogP contribution is -2.27. The minimum Gasteiger partial charge on any atom is -0.352 e. The largest absolute Gasteiger partial charge is 0.352 e. The highest BCUT2D eigenvalue weighted by Gasteiger charge is 2.11. The number of carbonyl (C=O) groups excluding carboxylic acids is 1. The second kappa shape index (κ2) is 6.81. The second-order valence-electron chi connectivity index (χ2n) is 4.65. The third kappa shape index (κ3) is 4.00. The van der Waals surface area contributed by atoms with E-state index < -0.39 is 0 Å². The average Bonchev–Trinajstić information content (AvgIpc) is 2.47. The summed E-state index contributed by atoms with van der Waals surface area (Å²) in [6.45, 7) is 2.21. The predicted molar refractivity (Wildman–Crippen MR) is 79.2 cm³/mol. The fourth-order valence-electron chi connectivity index (χ4n) is 1.97. The zero-order valence-electron chi connectivity index (χ0n) is 11.7. The van der Waals surface area contributed by atoms with Crippen molar-refractivity contribution < 1.29 is 9.18 Å². The van der Waals surface area contributed by atoms with Gasteiger partial charge in [0.2, 0.25) is 0 Å². The molecule has 0 bridgehead atoms. The molecule has 4 N–H and O–H groups in total. The number of nitrogens with zero attached hydrogens (tertiary/aromatic N) is 1. The van der Waals surface area contributed by atoms with E-state index >= 15 is 0 Å². The van der Waals surface area contributed by atoms with Gasteiger partial charge in [0.15, 0.2) is 0 Å². The zero-order chi connectivity index (χ0) is 15.2. The van der Waals surface area contributed by atoms with Gasteiger partial charge in [-0.2, -0.15) is 0 Å². The molecule has 1 aromatic heterocycles. The smallest absolute Gasteiger partial charge is 0.255 e. The molecule has 0 aliphatic rings.